The number of aliphatic imine (C=N–C) groups is 1. The van der Waals surface area contributed by atoms with Gasteiger partial charge >= 0.3 is 5.97 Å². The number of nitrogens with one attached hydrogen (secondary N) is 1. The number of nitrogens with zero attached hydrogens (tertiary/aromatic N) is 3. The Kier molecular flexibility index (Phi) is 5.52. The van der Waals surface area contributed by atoms with Gasteiger partial charge in [-0.2, -0.15) is 0 Å². The van der Waals surface area contributed by atoms with E-state index in [1.165, 1.54) is 24.3 Å². The molecule has 10 nitrogen and oxygen atoms in total. The summed E-state index contributed by atoms with van der Waals surface area (Å²) in [5.74, 6) is -1.22. The molecule has 0 fully saturated rings. The van der Waals surface area contributed by atoms with Crippen molar-refractivity contribution in [2.24, 2.45) is 4.99 Å². The van der Waals surface area contributed by atoms with Gasteiger partial charge in [-0.05, 0) is 62.3 Å². The lowest BCUT2D eigenvalue weighted by molar-refractivity contribution is -0.384. The third kappa shape index (κ3) is 4.08. The molecule has 1 amide bonds. The van der Waals surface area contributed by atoms with Crippen LogP contribution in [-0.4, -0.2) is 37.3 Å². The van der Waals surface area contributed by atoms with Gasteiger partial charge in [0.15, 0.2) is 0 Å². The van der Waals surface area contributed by atoms with E-state index < -0.39 is 22.3 Å². The molecule has 0 saturated heterocycles. The molecule has 0 saturated carbocycles. The Bertz CT molecular complexity index is 1660. The molecule has 0 spiro atoms. The van der Waals surface area contributed by atoms with Crippen LogP contribution in [0.5, 0.6) is 11.6 Å². The highest BCUT2D eigenvalue weighted by Crippen LogP contribution is 2.46. The summed E-state index contributed by atoms with van der Waals surface area (Å²) in [5, 5.41) is 25.2. The summed E-state index contributed by atoms with van der Waals surface area (Å²) in [6.45, 7) is 5.76. The molecule has 2 aliphatic rings. The average molecular weight is 517 g/mol. The van der Waals surface area contributed by atoms with E-state index >= 15 is 0 Å². The van der Waals surface area contributed by atoms with Crippen molar-refractivity contribution in [3.8, 4) is 11.6 Å². The first-order chi connectivity index (χ1) is 17.5. The van der Waals surface area contributed by atoms with Crippen molar-refractivity contribution in [1.82, 2.24) is 9.88 Å². The standard InChI is InChI=1S/C26H20N4O6S/c1-13-12-26(2,3)29-22-17(13)10-16(11-18(22)20(24(29)33)21-23(32)28-25(37)27-21)36-19(31)8-7-14-5-4-6-15(9-14)30(34)35/h4-12,33H,1-3H3,(H,28,32,37)/b8-7+. The predicted molar refractivity (Wildman–Crippen MR) is 142 cm³/mol. The van der Waals surface area contributed by atoms with E-state index in [2.05, 4.69) is 10.3 Å². The number of nitro benzene ring substituents is 1. The topological polar surface area (TPSA) is 136 Å². The molecule has 2 aliphatic heterocycles. The second kappa shape index (κ2) is 8.49. The largest absolute Gasteiger partial charge is 0.494 e. The maximum atomic E-state index is 12.6. The first-order valence-electron chi connectivity index (χ1n) is 11.2. The lowest BCUT2D eigenvalue weighted by atomic mass is 9.91. The van der Waals surface area contributed by atoms with Crippen molar-refractivity contribution >= 4 is 63.2 Å². The van der Waals surface area contributed by atoms with Gasteiger partial charge in [0, 0.05) is 29.2 Å². The van der Waals surface area contributed by atoms with Gasteiger partial charge in [0.05, 0.1) is 21.5 Å². The Hall–Kier alpha value is -4.64. The molecular formula is C26H20N4O6S. The zero-order valence-electron chi connectivity index (χ0n) is 19.9. The molecule has 0 aliphatic carbocycles. The highest BCUT2D eigenvalue weighted by Gasteiger charge is 2.37. The van der Waals surface area contributed by atoms with Crippen LogP contribution >= 0.6 is 12.2 Å². The number of carbonyl (C=O) groups excluding carboxylic acids is 2. The number of hydrogen-bond donors (Lipinski definition) is 2. The van der Waals surface area contributed by atoms with Gasteiger partial charge in [-0.3, -0.25) is 20.2 Å². The van der Waals surface area contributed by atoms with E-state index in [0.717, 1.165) is 11.6 Å². The van der Waals surface area contributed by atoms with E-state index in [9.17, 15) is 24.8 Å². The highest BCUT2D eigenvalue weighted by molar-refractivity contribution is 7.80. The molecule has 2 aromatic carbocycles. The number of amides is 1. The Morgan fingerprint density at radius 3 is 2.73 bits per heavy atom. The summed E-state index contributed by atoms with van der Waals surface area (Å²) >= 11 is 5.02. The van der Waals surface area contributed by atoms with Crippen molar-refractivity contribution in [3.05, 3.63) is 75.4 Å². The molecule has 0 unspecified atom stereocenters. The fourth-order valence-corrected chi connectivity index (χ4v) is 4.95. The molecule has 11 heteroatoms. The number of benzene rings is 2. The van der Waals surface area contributed by atoms with Crippen molar-refractivity contribution in [2.45, 2.75) is 26.3 Å². The second-order valence-electron chi connectivity index (χ2n) is 9.21. The zero-order chi connectivity index (χ0) is 26.6. The van der Waals surface area contributed by atoms with Crippen LogP contribution < -0.4 is 10.1 Å². The first-order valence-corrected chi connectivity index (χ1v) is 11.6. The van der Waals surface area contributed by atoms with Gasteiger partial charge < -0.3 is 14.4 Å². The van der Waals surface area contributed by atoms with Gasteiger partial charge in [0.1, 0.15) is 11.5 Å². The summed E-state index contributed by atoms with van der Waals surface area (Å²) in [5.41, 5.74) is 2.18. The number of rotatable bonds is 5. The molecule has 5 rings (SSSR count). The Morgan fingerprint density at radius 2 is 2.05 bits per heavy atom. The molecular weight excluding hydrogens is 496 g/mol. The molecule has 37 heavy (non-hydrogen) atoms. The van der Waals surface area contributed by atoms with Crippen molar-refractivity contribution in [3.63, 3.8) is 0 Å². The summed E-state index contributed by atoms with van der Waals surface area (Å²) in [7, 11) is 0. The number of ether oxygens (including phenoxy) is 1. The minimum Gasteiger partial charge on any atom is -0.494 e. The van der Waals surface area contributed by atoms with Crippen LogP contribution in [0, 0.1) is 10.1 Å². The quantitative estimate of drug-likeness (QED) is 0.129. The van der Waals surface area contributed by atoms with Crippen molar-refractivity contribution < 1.29 is 24.4 Å². The van der Waals surface area contributed by atoms with Gasteiger partial charge in [-0.1, -0.05) is 18.2 Å². The zero-order valence-corrected chi connectivity index (χ0v) is 20.8. The predicted octanol–water partition coefficient (Wildman–Crippen LogP) is 4.23. The van der Waals surface area contributed by atoms with Crippen LogP contribution in [0.2, 0.25) is 0 Å². The minimum absolute atomic E-state index is 0.00201. The number of thiocarbonyl (C=S) groups is 1. The normalized spacial score (nSPS) is 16.1. The van der Waals surface area contributed by atoms with Gasteiger partial charge in [-0.15, -0.1) is 0 Å². The van der Waals surface area contributed by atoms with Crippen molar-refractivity contribution in [1.29, 1.82) is 0 Å². The number of nitro groups is 1. The summed E-state index contributed by atoms with van der Waals surface area (Å²) in [6, 6.07) is 9.08. The van der Waals surface area contributed by atoms with Crippen molar-refractivity contribution in [2.75, 3.05) is 0 Å². The highest BCUT2D eigenvalue weighted by atomic mass is 32.1. The van der Waals surface area contributed by atoms with Crippen LogP contribution in [0.3, 0.4) is 0 Å². The van der Waals surface area contributed by atoms with E-state index in [1.807, 2.05) is 26.8 Å². The molecule has 186 valence electrons. The maximum Gasteiger partial charge on any atom is 0.336 e. The van der Waals surface area contributed by atoms with Gasteiger partial charge in [0.25, 0.3) is 11.6 Å². The third-order valence-corrected chi connectivity index (χ3v) is 6.37. The SMILES string of the molecule is CC1=CC(C)(C)n2c(O)c(C3=NC(=S)NC3=O)c3cc(OC(=O)/C=C/c4cccc([N+](=O)[O-])c4)cc1c32. The minimum atomic E-state index is -0.710. The molecule has 0 bridgehead atoms. The molecule has 0 radical (unpaired) electrons. The smallest absolute Gasteiger partial charge is 0.336 e. The third-order valence-electron chi connectivity index (χ3n) is 6.18. The van der Waals surface area contributed by atoms with Gasteiger partial charge in [-0.25, -0.2) is 9.79 Å². The van der Waals surface area contributed by atoms with E-state index in [1.54, 1.807) is 22.8 Å². The number of hydrogen-bond acceptors (Lipinski definition) is 7. The molecule has 1 aromatic heterocycles. The summed E-state index contributed by atoms with van der Waals surface area (Å²) < 4.78 is 7.27. The van der Waals surface area contributed by atoms with Crippen LogP contribution in [0.25, 0.3) is 22.6 Å². The monoisotopic (exact) mass is 516 g/mol. The number of non-ortho nitro benzene ring substituents is 1. The lowest BCUT2D eigenvalue weighted by Crippen LogP contribution is -2.27. The van der Waals surface area contributed by atoms with E-state index in [4.69, 9.17) is 17.0 Å². The lowest BCUT2D eigenvalue weighted by Gasteiger charge is -2.31. The van der Waals surface area contributed by atoms with Crippen LogP contribution in [0.15, 0.2) is 53.5 Å². The first kappa shape index (κ1) is 24.1. The summed E-state index contributed by atoms with van der Waals surface area (Å²) in [6.07, 6.45) is 4.54. The van der Waals surface area contributed by atoms with E-state index in [0.29, 0.717) is 22.0 Å². The molecule has 3 aromatic rings. The number of carbonyl (C=O) groups is 2. The molecule has 3 heterocycles. The fourth-order valence-electron chi connectivity index (χ4n) is 4.77. The number of esters is 1. The Labute approximate surface area is 215 Å². The van der Waals surface area contributed by atoms with Crippen LogP contribution in [0.1, 0.15) is 37.5 Å². The average Bonchev–Trinajstić information content (AvgIpc) is 3.30. The van der Waals surface area contributed by atoms with Crippen LogP contribution in [0.4, 0.5) is 5.69 Å². The second-order valence-corrected chi connectivity index (χ2v) is 9.59. The fraction of sp³-hybridized carbons (Fsp3) is 0.154. The Balaban J connectivity index is 1.58. The number of aromatic nitrogens is 1. The Morgan fingerprint density at radius 1 is 1.30 bits per heavy atom. The summed E-state index contributed by atoms with van der Waals surface area (Å²) in [4.78, 5) is 39.8. The van der Waals surface area contributed by atoms with Gasteiger partial charge in [0.2, 0.25) is 11.0 Å². The molecule has 0 atom stereocenters. The number of aromatic hydroxyl groups is 1. The van der Waals surface area contributed by atoms with E-state index in [-0.39, 0.29) is 33.7 Å². The molecule has 2 N–H and O–H groups in total. The maximum absolute atomic E-state index is 12.6. The number of allylic oxidation sites excluding steroid dienone is 2. The van der Waals surface area contributed by atoms with Crippen LogP contribution in [-0.2, 0) is 15.1 Å².